The zero-order valence-electron chi connectivity index (χ0n) is 15.7. The third kappa shape index (κ3) is 2.84. The van der Waals surface area contributed by atoms with Crippen molar-refractivity contribution in [2.75, 3.05) is 7.11 Å². The van der Waals surface area contributed by atoms with Gasteiger partial charge in [0.15, 0.2) is 0 Å². The number of rotatable bonds is 4. The van der Waals surface area contributed by atoms with E-state index >= 15 is 0 Å². The molecule has 0 unspecified atom stereocenters. The predicted octanol–water partition coefficient (Wildman–Crippen LogP) is 6.73. The highest BCUT2D eigenvalue weighted by Crippen LogP contribution is 2.45. The number of ether oxygens (including phenoxy) is 2. The Morgan fingerprint density at radius 1 is 0.571 bits per heavy atom. The number of hydrogen-bond donors (Lipinski definition) is 0. The van der Waals surface area contributed by atoms with Crippen LogP contribution in [0.1, 0.15) is 11.1 Å². The number of hydrogen-bond acceptors (Lipinski definition) is 2. The molecular formula is C26H20O2. The van der Waals surface area contributed by atoms with Crippen molar-refractivity contribution >= 4 is 0 Å². The van der Waals surface area contributed by atoms with E-state index in [1.165, 1.54) is 27.8 Å². The predicted molar refractivity (Wildman–Crippen MR) is 113 cm³/mol. The number of benzene rings is 4. The number of methoxy groups -OCH3 is 1. The standard InChI is InChI=1S/C26H20O2/c1-27-20-13-15-21(16-14-20)28-25-12-5-4-10-23(25)24-11-6-8-19-17-18-7-2-3-9-22(18)26(19)24/h2-16H,17H2,1H3. The second-order valence-corrected chi connectivity index (χ2v) is 6.95. The molecule has 136 valence electrons. The van der Waals surface area contributed by atoms with Gasteiger partial charge in [-0.1, -0.05) is 60.7 Å². The molecule has 1 aliphatic carbocycles. The second-order valence-electron chi connectivity index (χ2n) is 6.95. The Morgan fingerprint density at radius 3 is 2.04 bits per heavy atom. The maximum absolute atomic E-state index is 6.26. The normalized spacial score (nSPS) is 11.6. The highest BCUT2D eigenvalue weighted by molar-refractivity contribution is 5.92. The van der Waals surface area contributed by atoms with Crippen molar-refractivity contribution in [1.82, 2.24) is 0 Å². The smallest absolute Gasteiger partial charge is 0.135 e. The van der Waals surface area contributed by atoms with Crippen molar-refractivity contribution in [2.45, 2.75) is 6.42 Å². The van der Waals surface area contributed by atoms with E-state index in [2.05, 4.69) is 54.6 Å². The van der Waals surface area contributed by atoms with Crippen LogP contribution in [-0.2, 0) is 6.42 Å². The molecule has 5 rings (SSSR count). The molecule has 2 nitrogen and oxygen atoms in total. The van der Waals surface area contributed by atoms with Crippen LogP contribution in [0, 0.1) is 0 Å². The summed E-state index contributed by atoms with van der Waals surface area (Å²) in [6.45, 7) is 0. The van der Waals surface area contributed by atoms with Gasteiger partial charge in [0, 0.05) is 5.56 Å². The lowest BCUT2D eigenvalue weighted by atomic mass is 9.94. The summed E-state index contributed by atoms with van der Waals surface area (Å²) in [7, 11) is 1.67. The van der Waals surface area contributed by atoms with Crippen LogP contribution in [-0.4, -0.2) is 7.11 Å². The molecule has 0 atom stereocenters. The fourth-order valence-corrected chi connectivity index (χ4v) is 3.96. The van der Waals surface area contributed by atoms with Gasteiger partial charge in [0.25, 0.3) is 0 Å². The van der Waals surface area contributed by atoms with Gasteiger partial charge in [0.05, 0.1) is 7.11 Å². The lowest BCUT2D eigenvalue weighted by Crippen LogP contribution is -1.91. The van der Waals surface area contributed by atoms with E-state index in [0.717, 1.165) is 29.2 Å². The lowest BCUT2D eigenvalue weighted by Gasteiger charge is -2.15. The van der Waals surface area contributed by atoms with Crippen LogP contribution in [0.4, 0.5) is 0 Å². The topological polar surface area (TPSA) is 18.5 Å². The Balaban J connectivity index is 1.60. The van der Waals surface area contributed by atoms with Gasteiger partial charge >= 0.3 is 0 Å². The molecule has 0 bridgehead atoms. The first-order valence-corrected chi connectivity index (χ1v) is 9.45. The molecule has 2 heteroatoms. The van der Waals surface area contributed by atoms with Crippen LogP contribution in [0.15, 0.2) is 91.0 Å². The minimum atomic E-state index is 0.793. The Bertz CT molecular complexity index is 1140. The molecule has 4 aromatic carbocycles. The van der Waals surface area contributed by atoms with Crippen molar-refractivity contribution < 1.29 is 9.47 Å². The van der Waals surface area contributed by atoms with Gasteiger partial charge in [0.2, 0.25) is 0 Å². The van der Waals surface area contributed by atoms with E-state index in [0.29, 0.717) is 0 Å². The third-order valence-electron chi connectivity index (χ3n) is 5.28. The van der Waals surface area contributed by atoms with Gasteiger partial charge in [-0.15, -0.1) is 0 Å². The lowest BCUT2D eigenvalue weighted by molar-refractivity contribution is 0.413. The van der Waals surface area contributed by atoms with Crippen LogP contribution in [0.2, 0.25) is 0 Å². The summed E-state index contributed by atoms with van der Waals surface area (Å²) in [4.78, 5) is 0. The Kier molecular flexibility index (Phi) is 4.10. The van der Waals surface area contributed by atoms with Crippen LogP contribution in [0.25, 0.3) is 22.3 Å². The third-order valence-corrected chi connectivity index (χ3v) is 5.28. The molecule has 0 aromatic heterocycles. The first kappa shape index (κ1) is 16.6. The molecule has 0 radical (unpaired) electrons. The minimum Gasteiger partial charge on any atom is -0.497 e. The average molecular weight is 364 g/mol. The summed E-state index contributed by atoms with van der Waals surface area (Å²) >= 11 is 0. The first-order valence-electron chi connectivity index (χ1n) is 9.45. The monoisotopic (exact) mass is 364 g/mol. The Labute approximate surface area is 165 Å². The fourth-order valence-electron chi connectivity index (χ4n) is 3.96. The molecule has 0 fully saturated rings. The average Bonchev–Trinajstić information content (AvgIpc) is 3.14. The van der Waals surface area contributed by atoms with Crippen molar-refractivity contribution in [3.8, 4) is 39.5 Å². The Morgan fingerprint density at radius 2 is 1.21 bits per heavy atom. The van der Waals surface area contributed by atoms with Crippen molar-refractivity contribution in [2.24, 2.45) is 0 Å². The summed E-state index contributed by atoms with van der Waals surface area (Å²) < 4.78 is 11.5. The molecular weight excluding hydrogens is 344 g/mol. The molecule has 0 aliphatic heterocycles. The summed E-state index contributed by atoms with van der Waals surface area (Å²) in [5.41, 5.74) is 7.73. The van der Waals surface area contributed by atoms with Gasteiger partial charge in [-0.05, 0) is 64.6 Å². The zero-order chi connectivity index (χ0) is 18.9. The van der Waals surface area contributed by atoms with Crippen LogP contribution >= 0.6 is 0 Å². The molecule has 0 saturated carbocycles. The van der Waals surface area contributed by atoms with Crippen molar-refractivity contribution in [3.63, 3.8) is 0 Å². The van der Waals surface area contributed by atoms with E-state index in [4.69, 9.17) is 9.47 Å². The maximum Gasteiger partial charge on any atom is 0.135 e. The first-order chi connectivity index (χ1) is 13.8. The largest absolute Gasteiger partial charge is 0.497 e. The van der Waals surface area contributed by atoms with E-state index in [1.54, 1.807) is 7.11 Å². The minimum absolute atomic E-state index is 0.793. The highest BCUT2D eigenvalue weighted by atomic mass is 16.5. The van der Waals surface area contributed by atoms with Crippen LogP contribution in [0.3, 0.4) is 0 Å². The van der Waals surface area contributed by atoms with Crippen molar-refractivity contribution in [3.05, 3.63) is 102 Å². The second kappa shape index (κ2) is 6.90. The zero-order valence-corrected chi connectivity index (χ0v) is 15.7. The van der Waals surface area contributed by atoms with Crippen LogP contribution < -0.4 is 9.47 Å². The van der Waals surface area contributed by atoms with Gasteiger partial charge in [0.1, 0.15) is 17.2 Å². The molecule has 0 spiro atoms. The quantitative estimate of drug-likeness (QED) is 0.352. The molecule has 0 saturated heterocycles. The van der Waals surface area contributed by atoms with E-state index in [1.807, 2.05) is 36.4 Å². The maximum atomic E-state index is 6.26. The van der Waals surface area contributed by atoms with Gasteiger partial charge < -0.3 is 9.47 Å². The SMILES string of the molecule is COc1ccc(Oc2ccccc2-c2cccc3c2-c2ccccc2C3)cc1. The summed E-state index contributed by atoms with van der Waals surface area (Å²) in [6.07, 6.45) is 0.987. The number of fused-ring (bicyclic) bond motifs is 3. The van der Waals surface area contributed by atoms with Gasteiger partial charge in [-0.3, -0.25) is 0 Å². The molecule has 0 N–H and O–H groups in total. The van der Waals surface area contributed by atoms with E-state index < -0.39 is 0 Å². The molecule has 0 heterocycles. The fraction of sp³-hybridized carbons (Fsp3) is 0.0769. The van der Waals surface area contributed by atoms with E-state index in [-0.39, 0.29) is 0 Å². The van der Waals surface area contributed by atoms with Gasteiger partial charge in [-0.2, -0.15) is 0 Å². The summed E-state index contributed by atoms with van der Waals surface area (Å²) in [5, 5.41) is 0. The molecule has 28 heavy (non-hydrogen) atoms. The van der Waals surface area contributed by atoms with E-state index in [9.17, 15) is 0 Å². The Hall–Kier alpha value is -3.52. The van der Waals surface area contributed by atoms with Crippen LogP contribution in [0.5, 0.6) is 17.2 Å². The summed E-state index contributed by atoms with van der Waals surface area (Å²) in [6, 6.07) is 31.2. The highest BCUT2D eigenvalue weighted by Gasteiger charge is 2.22. The number of para-hydroxylation sites is 1. The molecule has 0 amide bonds. The summed E-state index contributed by atoms with van der Waals surface area (Å²) in [5.74, 6) is 2.46. The van der Waals surface area contributed by atoms with Crippen molar-refractivity contribution in [1.29, 1.82) is 0 Å². The molecule has 4 aromatic rings. The van der Waals surface area contributed by atoms with Gasteiger partial charge in [-0.25, -0.2) is 0 Å². The molecule has 1 aliphatic rings.